The van der Waals surface area contributed by atoms with Crippen molar-refractivity contribution in [3.63, 3.8) is 0 Å². The second-order valence-electron chi connectivity index (χ2n) is 8.92. The molecule has 0 saturated carbocycles. The van der Waals surface area contributed by atoms with Crippen LogP contribution >= 0.6 is 11.8 Å². The Hall–Kier alpha value is -3.88. The Labute approximate surface area is 221 Å². The maximum Gasteiger partial charge on any atom is 0.248 e. The van der Waals surface area contributed by atoms with Gasteiger partial charge in [0.15, 0.2) is 0 Å². The van der Waals surface area contributed by atoms with E-state index in [0.717, 1.165) is 52.8 Å². The van der Waals surface area contributed by atoms with Crippen molar-refractivity contribution in [2.24, 2.45) is 0 Å². The largest absolute Gasteiger partial charge is 0.399 e. The van der Waals surface area contributed by atoms with Crippen molar-refractivity contribution >= 4 is 40.7 Å². The van der Waals surface area contributed by atoms with Gasteiger partial charge in [0.2, 0.25) is 11.9 Å². The molecule has 1 fully saturated rings. The molecule has 1 saturated heterocycles. The molecule has 1 amide bonds. The van der Waals surface area contributed by atoms with Gasteiger partial charge in [-0.1, -0.05) is 48.5 Å². The number of anilines is 4. The molecule has 3 aromatic carbocycles. The van der Waals surface area contributed by atoms with Gasteiger partial charge in [0, 0.05) is 60.5 Å². The zero-order valence-corrected chi connectivity index (χ0v) is 21.6. The molecule has 4 aromatic rings. The van der Waals surface area contributed by atoms with E-state index in [2.05, 4.69) is 20.2 Å². The lowest BCUT2D eigenvalue weighted by Gasteiger charge is -2.35. The third-order valence-electron chi connectivity index (χ3n) is 6.44. The Balaban J connectivity index is 1.34. The van der Waals surface area contributed by atoms with Crippen LogP contribution in [-0.2, 0) is 4.79 Å². The number of carbonyl (C=O) groups excluding carboxylic acids is 1. The van der Waals surface area contributed by atoms with Gasteiger partial charge in [0.1, 0.15) is 6.04 Å². The van der Waals surface area contributed by atoms with E-state index in [-0.39, 0.29) is 11.9 Å². The van der Waals surface area contributed by atoms with Gasteiger partial charge in [-0.3, -0.25) is 9.69 Å². The van der Waals surface area contributed by atoms with Crippen molar-refractivity contribution in [3.8, 4) is 11.3 Å². The monoisotopic (exact) mass is 510 g/mol. The molecule has 1 atom stereocenters. The van der Waals surface area contributed by atoms with Crippen LogP contribution in [0.25, 0.3) is 11.3 Å². The minimum absolute atomic E-state index is 0.0708. The fraction of sp³-hybridized carbons (Fsp3) is 0.207. The van der Waals surface area contributed by atoms with Crippen LogP contribution in [0.3, 0.4) is 0 Å². The van der Waals surface area contributed by atoms with Gasteiger partial charge in [0.25, 0.3) is 0 Å². The van der Waals surface area contributed by atoms with E-state index in [1.807, 2.05) is 104 Å². The highest BCUT2D eigenvalue weighted by Gasteiger charge is 2.31. The third kappa shape index (κ3) is 5.93. The molecule has 0 radical (unpaired) electrons. The lowest BCUT2D eigenvalue weighted by Crippen LogP contribution is -2.45. The van der Waals surface area contributed by atoms with Crippen LogP contribution in [0.15, 0.2) is 91.1 Å². The van der Waals surface area contributed by atoms with E-state index >= 15 is 0 Å². The average molecular weight is 511 g/mol. The minimum atomic E-state index is -0.297. The number of nitrogens with two attached hydrogens (primary N) is 1. The molecule has 188 valence electrons. The second-order valence-corrected chi connectivity index (χ2v) is 10.1. The molecule has 7 nitrogen and oxygen atoms in total. The molecule has 8 heteroatoms. The predicted molar refractivity (Wildman–Crippen MR) is 153 cm³/mol. The van der Waals surface area contributed by atoms with Crippen LogP contribution in [0.1, 0.15) is 11.6 Å². The Bertz CT molecular complexity index is 1340. The molecule has 5 rings (SSSR count). The SMILES string of the molecule is CN(C(=O)C(c1ccccc1)N1CCSCC1)c1ccc(-c2ccnc(Nc3cccc(N)c3)n2)cc1. The second kappa shape index (κ2) is 11.5. The van der Waals surface area contributed by atoms with Gasteiger partial charge >= 0.3 is 0 Å². The van der Waals surface area contributed by atoms with E-state index in [9.17, 15) is 4.79 Å². The summed E-state index contributed by atoms with van der Waals surface area (Å²) in [7, 11) is 1.85. The highest BCUT2D eigenvalue weighted by atomic mass is 32.2. The Morgan fingerprint density at radius 2 is 1.76 bits per heavy atom. The Morgan fingerprint density at radius 3 is 2.49 bits per heavy atom. The average Bonchev–Trinajstić information content (AvgIpc) is 2.94. The summed E-state index contributed by atoms with van der Waals surface area (Å²) in [6, 6.07) is 27.0. The van der Waals surface area contributed by atoms with Gasteiger partial charge in [-0.25, -0.2) is 9.97 Å². The number of nitrogens with one attached hydrogen (secondary N) is 1. The predicted octanol–water partition coefficient (Wildman–Crippen LogP) is 5.22. The molecule has 1 aliphatic heterocycles. The first-order chi connectivity index (χ1) is 18.1. The van der Waals surface area contributed by atoms with E-state index in [1.54, 1.807) is 11.1 Å². The number of aromatic nitrogens is 2. The standard InChI is InChI=1S/C29H30N6OS/c1-34(28(36)27(22-6-3-2-4-7-22)35-16-18-37-19-17-35)25-12-10-21(11-13-25)26-14-15-31-29(33-26)32-24-9-5-8-23(30)20-24/h2-15,20,27H,16-19,30H2,1H3,(H,31,32,33). The van der Waals surface area contributed by atoms with Crippen molar-refractivity contribution in [1.29, 1.82) is 0 Å². The summed E-state index contributed by atoms with van der Waals surface area (Å²) >= 11 is 1.94. The summed E-state index contributed by atoms with van der Waals surface area (Å²) in [5.41, 5.74) is 11.0. The van der Waals surface area contributed by atoms with Crippen molar-refractivity contribution in [2.75, 3.05) is 47.6 Å². The van der Waals surface area contributed by atoms with E-state index in [0.29, 0.717) is 11.6 Å². The molecule has 0 aliphatic carbocycles. The van der Waals surface area contributed by atoms with Gasteiger partial charge in [0.05, 0.1) is 5.69 Å². The van der Waals surface area contributed by atoms with Crippen LogP contribution < -0.4 is 16.0 Å². The molecule has 2 heterocycles. The summed E-state index contributed by atoms with van der Waals surface area (Å²) in [5.74, 6) is 2.65. The number of benzene rings is 3. The van der Waals surface area contributed by atoms with Crippen LogP contribution in [0.5, 0.6) is 0 Å². The van der Waals surface area contributed by atoms with Crippen LogP contribution in [0.2, 0.25) is 0 Å². The molecule has 1 unspecified atom stereocenters. The van der Waals surface area contributed by atoms with Gasteiger partial charge in [-0.05, 0) is 42.0 Å². The van der Waals surface area contributed by atoms with E-state index < -0.39 is 0 Å². The summed E-state index contributed by atoms with van der Waals surface area (Å²) < 4.78 is 0. The molecule has 1 aromatic heterocycles. The normalized spacial score (nSPS) is 14.6. The number of rotatable bonds is 7. The first-order valence-electron chi connectivity index (χ1n) is 12.3. The van der Waals surface area contributed by atoms with Gasteiger partial charge < -0.3 is 16.0 Å². The highest BCUT2D eigenvalue weighted by Crippen LogP contribution is 2.29. The van der Waals surface area contributed by atoms with Gasteiger partial charge in [-0.15, -0.1) is 0 Å². The van der Waals surface area contributed by atoms with Crippen molar-refractivity contribution in [2.45, 2.75) is 6.04 Å². The molecule has 0 bridgehead atoms. The van der Waals surface area contributed by atoms with Crippen LogP contribution in [0, 0.1) is 0 Å². The number of carbonyl (C=O) groups is 1. The quantitative estimate of drug-likeness (QED) is 0.330. The molecular formula is C29H30N6OS. The minimum Gasteiger partial charge on any atom is -0.399 e. The molecule has 0 spiro atoms. The number of thioether (sulfide) groups is 1. The van der Waals surface area contributed by atoms with Crippen LogP contribution in [-0.4, -0.2) is 52.4 Å². The summed E-state index contributed by atoms with van der Waals surface area (Å²) in [6.45, 7) is 1.81. The Morgan fingerprint density at radius 1 is 1.00 bits per heavy atom. The summed E-state index contributed by atoms with van der Waals surface area (Å²) in [6.07, 6.45) is 1.72. The number of nitrogens with zero attached hydrogens (tertiary/aromatic N) is 4. The summed E-state index contributed by atoms with van der Waals surface area (Å²) in [4.78, 5) is 26.8. The third-order valence-corrected chi connectivity index (χ3v) is 7.38. The maximum atomic E-state index is 13.8. The number of amides is 1. The highest BCUT2D eigenvalue weighted by molar-refractivity contribution is 7.99. The van der Waals surface area contributed by atoms with E-state index in [1.165, 1.54) is 0 Å². The fourth-order valence-corrected chi connectivity index (χ4v) is 5.40. The van der Waals surface area contributed by atoms with Crippen molar-refractivity contribution in [3.05, 3.63) is 96.7 Å². The topological polar surface area (TPSA) is 87.4 Å². The zero-order chi connectivity index (χ0) is 25.6. The molecule has 3 N–H and O–H groups in total. The summed E-state index contributed by atoms with van der Waals surface area (Å²) in [5, 5.41) is 3.20. The van der Waals surface area contributed by atoms with Crippen molar-refractivity contribution in [1.82, 2.24) is 14.9 Å². The smallest absolute Gasteiger partial charge is 0.248 e. The fourth-order valence-electron chi connectivity index (χ4n) is 4.47. The first-order valence-corrected chi connectivity index (χ1v) is 13.4. The number of likely N-dealkylation sites (N-methyl/N-ethyl adjacent to an activating group) is 1. The number of hydrogen-bond donors (Lipinski definition) is 2. The first kappa shape index (κ1) is 24.8. The van der Waals surface area contributed by atoms with Gasteiger partial charge in [-0.2, -0.15) is 11.8 Å². The number of hydrogen-bond acceptors (Lipinski definition) is 7. The Kier molecular flexibility index (Phi) is 7.67. The zero-order valence-electron chi connectivity index (χ0n) is 20.7. The molecule has 1 aliphatic rings. The van der Waals surface area contributed by atoms with Crippen LogP contribution in [0.4, 0.5) is 23.0 Å². The lowest BCUT2D eigenvalue weighted by atomic mass is 10.0. The lowest BCUT2D eigenvalue weighted by molar-refractivity contribution is -0.123. The number of nitrogen functional groups attached to an aromatic ring is 1. The molecular weight excluding hydrogens is 480 g/mol. The molecule has 37 heavy (non-hydrogen) atoms. The maximum absolute atomic E-state index is 13.8. The van der Waals surface area contributed by atoms with Crippen molar-refractivity contribution < 1.29 is 4.79 Å². The van der Waals surface area contributed by atoms with E-state index in [4.69, 9.17) is 5.73 Å².